The van der Waals surface area contributed by atoms with Crippen molar-refractivity contribution >= 4 is 0 Å². The van der Waals surface area contributed by atoms with Crippen LogP contribution in [0.1, 0.15) is 33.1 Å². The van der Waals surface area contributed by atoms with Gasteiger partial charge in [-0.15, -0.1) is 0 Å². The maximum Gasteiger partial charge on any atom is -0.00733 e. The molecule has 0 bridgehead atoms. The average Bonchev–Trinajstić information content (AvgIpc) is 1.83. The van der Waals surface area contributed by atoms with E-state index in [4.69, 9.17) is 5.73 Å². The zero-order valence-electron chi connectivity index (χ0n) is 5.78. The fourth-order valence-corrected chi connectivity index (χ4v) is 0.539. The van der Waals surface area contributed by atoms with Crippen LogP contribution < -0.4 is 5.73 Å². The lowest BCUT2D eigenvalue weighted by Crippen LogP contribution is -1.83. The minimum Gasteiger partial charge on any atom is -0.405 e. The summed E-state index contributed by atoms with van der Waals surface area (Å²) in [6, 6.07) is 0. The van der Waals surface area contributed by atoms with E-state index in [0.29, 0.717) is 0 Å². The molecule has 0 atom stereocenters. The largest absolute Gasteiger partial charge is 0.405 e. The summed E-state index contributed by atoms with van der Waals surface area (Å²) >= 11 is 0. The molecule has 1 nitrogen and oxygen atoms in total. The van der Waals surface area contributed by atoms with E-state index in [0.717, 1.165) is 6.42 Å². The Balaban J connectivity index is 3.12. The van der Waals surface area contributed by atoms with Crippen molar-refractivity contribution in [1.29, 1.82) is 0 Å². The highest BCUT2D eigenvalue weighted by molar-refractivity contribution is 4.93. The molecule has 0 fully saturated rings. The third kappa shape index (κ3) is 3.72. The quantitative estimate of drug-likeness (QED) is 0.595. The van der Waals surface area contributed by atoms with Crippen LogP contribution in [-0.4, -0.2) is 0 Å². The van der Waals surface area contributed by atoms with Crippen molar-refractivity contribution in [3.05, 3.63) is 11.8 Å². The summed E-state index contributed by atoms with van der Waals surface area (Å²) in [6.07, 6.45) is 5.37. The van der Waals surface area contributed by atoms with Crippen molar-refractivity contribution in [3.63, 3.8) is 0 Å². The van der Waals surface area contributed by atoms with E-state index in [1.165, 1.54) is 18.4 Å². The van der Waals surface area contributed by atoms with Crippen molar-refractivity contribution in [3.8, 4) is 0 Å². The summed E-state index contributed by atoms with van der Waals surface area (Å²) in [5.74, 6) is 0. The van der Waals surface area contributed by atoms with E-state index in [2.05, 4.69) is 13.8 Å². The molecule has 48 valence electrons. The Morgan fingerprint density at radius 2 is 2.25 bits per heavy atom. The van der Waals surface area contributed by atoms with Gasteiger partial charge in [0.25, 0.3) is 0 Å². The van der Waals surface area contributed by atoms with Gasteiger partial charge in [-0.3, -0.25) is 0 Å². The minimum atomic E-state index is 1.16. The Hall–Kier alpha value is -0.460. The van der Waals surface area contributed by atoms with E-state index >= 15 is 0 Å². The molecule has 0 amide bonds. The van der Waals surface area contributed by atoms with E-state index in [9.17, 15) is 0 Å². The molecule has 0 heterocycles. The SMILES string of the molecule is CCCC/C(C)=C\N. The molecule has 2 N–H and O–H groups in total. The molecule has 0 saturated carbocycles. The Morgan fingerprint density at radius 3 is 2.62 bits per heavy atom. The van der Waals surface area contributed by atoms with Crippen LogP contribution in [0.25, 0.3) is 0 Å². The normalized spacial score (nSPS) is 12.0. The van der Waals surface area contributed by atoms with Gasteiger partial charge in [-0.05, 0) is 26.0 Å². The summed E-state index contributed by atoms with van der Waals surface area (Å²) in [4.78, 5) is 0. The van der Waals surface area contributed by atoms with Crippen LogP contribution in [0.3, 0.4) is 0 Å². The Bertz CT molecular complexity index is 74.5. The van der Waals surface area contributed by atoms with Crippen LogP contribution in [0.4, 0.5) is 0 Å². The zero-order chi connectivity index (χ0) is 6.41. The predicted octanol–water partition coefficient (Wildman–Crippen LogP) is 2.04. The van der Waals surface area contributed by atoms with Crippen LogP contribution >= 0.6 is 0 Å². The standard InChI is InChI=1S/C7H15N/c1-3-4-5-7(2)6-8/h6H,3-5,8H2,1-2H3/b7-6-. The molecular weight excluding hydrogens is 98.1 g/mol. The zero-order valence-corrected chi connectivity index (χ0v) is 5.78. The van der Waals surface area contributed by atoms with Gasteiger partial charge < -0.3 is 5.73 Å². The molecule has 0 aliphatic heterocycles. The van der Waals surface area contributed by atoms with Gasteiger partial charge in [0.2, 0.25) is 0 Å². The minimum absolute atomic E-state index is 1.16. The molecule has 0 rings (SSSR count). The smallest absolute Gasteiger partial charge is 0.00733 e. The molecular formula is C7H15N. The van der Waals surface area contributed by atoms with Gasteiger partial charge in [-0.2, -0.15) is 0 Å². The second kappa shape index (κ2) is 4.69. The first-order valence-electron chi connectivity index (χ1n) is 3.18. The van der Waals surface area contributed by atoms with E-state index in [1.54, 1.807) is 6.20 Å². The van der Waals surface area contributed by atoms with Crippen molar-refractivity contribution in [1.82, 2.24) is 0 Å². The third-order valence-corrected chi connectivity index (χ3v) is 1.21. The molecule has 0 unspecified atom stereocenters. The van der Waals surface area contributed by atoms with Crippen LogP contribution in [-0.2, 0) is 0 Å². The maximum atomic E-state index is 5.25. The molecule has 0 aliphatic rings. The van der Waals surface area contributed by atoms with Gasteiger partial charge in [-0.1, -0.05) is 18.9 Å². The molecule has 0 saturated heterocycles. The lowest BCUT2D eigenvalue weighted by molar-refractivity contribution is 0.785. The molecule has 0 aromatic heterocycles. The Labute approximate surface area is 51.6 Å². The van der Waals surface area contributed by atoms with Gasteiger partial charge in [0, 0.05) is 0 Å². The van der Waals surface area contributed by atoms with Crippen molar-refractivity contribution < 1.29 is 0 Å². The van der Waals surface area contributed by atoms with Crippen molar-refractivity contribution in [2.24, 2.45) is 5.73 Å². The fraction of sp³-hybridized carbons (Fsp3) is 0.714. The van der Waals surface area contributed by atoms with Gasteiger partial charge in [0.05, 0.1) is 0 Å². The maximum absolute atomic E-state index is 5.25. The number of hydrogen-bond acceptors (Lipinski definition) is 1. The van der Waals surface area contributed by atoms with Crippen molar-refractivity contribution in [2.45, 2.75) is 33.1 Å². The lowest BCUT2D eigenvalue weighted by Gasteiger charge is -1.94. The Kier molecular flexibility index (Phi) is 4.42. The number of allylic oxidation sites excluding steroid dienone is 1. The summed E-state index contributed by atoms with van der Waals surface area (Å²) in [6.45, 7) is 4.25. The molecule has 0 spiro atoms. The second-order valence-electron chi connectivity index (χ2n) is 2.12. The van der Waals surface area contributed by atoms with E-state index < -0.39 is 0 Å². The average molecular weight is 113 g/mol. The van der Waals surface area contributed by atoms with E-state index in [-0.39, 0.29) is 0 Å². The molecule has 1 heteroatoms. The number of hydrogen-bond donors (Lipinski definition) is 1. The predicted molar refractivity (Wildman–Crippen MR) is 37.5 cm³/mol. The topological polar surface area (TPSA) is 26.0 Å². The number of unbranched alkanes of at least 4 members (excludes halogenated alkanes) is 1. The number of nitrogens with two attached hydrogens (primary N) is 1. The molecule has 0 aliphatic carbocycles. The second-order valence-corrected chi connectivity index (χ2v) is 2.12. The van der Waals surface area contributed by atoms with Gasteiger partial charge >= 0.3 is 0 Å². The summed E-state index contributed by atoms with van der Waals surface area (Å²) in [5.41, 5.74) is 6.55. The fourth-order valence-electron chi connectivity index (χ4n) is 0.539. The first-order valence-corrected chi connectivity index (χ1v) is 3.18. The molecule has 0 radical (unpaired) electrons. The van der Waals surface area contributed by atoms with E-state index in [1.807, 2.05) is 0 Å². The van der Waals surface area contributed by atoms with Gasteiger partial charge in [-0.25, -0.2) is 0 Å². The molecule has 0 aromatic rings. The number of rotatable bonds is 3. The van der Waals surface area contributed by atoms with Crippen LogP contribution in [0.5, 0.6) is 0 Å². The highest BCUT2D eigenvalue weighted by Crippen LogP contribution is 2.02. The van der Waals surface area contributed by atoms with Crippen LogP contribution in [0.15, 0.2) is 11.8 Å². The molecule has 0 aromatic carbocycles. The third-order valence-electron chi connectivity index (χ3n) is 1.21. The van der Waals surface area contributed by atoms with Gasteiger partial charge in [0.1, 0.15) is 0 Å². The first-order chi connectivity index (χ1) is 3.81. The van der Waals surface area contributed by atoms with Crippen LogP contribution in [0.2, 0.25) is 0 Å². The van der Waals surface area contributed by atoms with Crippen LogP contribution in [0, 0.1) is 0 Å². The Morgan fingerprint density at radius 1 is 1.62 bits per heavy atom. The lowest BCUT2D eigenvalue weighted by atomic mass is 10.1. The summed E-state index contributed by atoms with van der Waals surface area (Å²) < 4.78 is 0. The highest BCUT2D eigenvalue weighted by atomic mass is 14.5. The summed E-state index contributed by atoms with van der Waals surface area (Å²) in [7, 11) is 0. The summed E-state index contributed by atoms with van der Waals surface area (Å²) in [5, 5.41) is 0. The highest BCUT2D eigenvalue weighted by Gasteiger charge is 1.84. The van der Waals surface area contributed by atoms with Crippen molar-refractivity contribution in [2.75, 3.05) is 0 Å². The molecule has 8 heavy (non-hydrogen) atoms. The monoisotopic (exact) mass is 113 g/mol. The first kappa shape index (κ1) is 7.54. The van der Waals surface area contributed by atoms with Gasteiger partial charge in [0.15, 0.2) is 0 Å².